The quantitative estimate of drug-likeness (QED) is 0.508. The lowest BCUT2D eigenvalue weighted by Crippen LogP contribution is -2.45. The van der Waals surface area contributed by atoms with Crippen LogP contribution in [0, 0.1) is 0 Å². The van der Waals surface area contributed by atoms with Crippen LogP contribution in [0.1, 0.15) is 19.3 Å². The molecule has 1 aliphatic carbocycles. The predicted octanol–water partition coefficient (Wildman–Crippen LogP) is -1.25. The van der Waals surface area contributed by atoms with Crippen LogP contribution in [0.4, 0.5) is 0 Å². The fourth-order valence-corrected chi connectivity index (χ4v) is 1.18. The minimum Gasteiger partial charge on any atom is -0.385 e. The third-order valence-corrected chi connectivity index (χ3v) is 2.34. The molecule has 0 radical (unpaired) electrons. The molecule has 1 fully saturated rings. The molecule has 6 nitrogen and oxygen atoms in total. The summed E-state index contributed by atoms with van der Waals surface area (Å²) < 4.78 is 4.81. The molecule has 0 saturated heterocycles. The zero-order valence-electron chi connectivity index (χ0n) is 9.49. The fourth-order valence-electron chi connectivity index (χ4n) is 1.18. The van der Waals surface area contributed by atoms with Crippen molar-refractivity contribution < 1.29 is 14.3 Å². The van der Waals surface area contributed by atoms with E-state index in [1.807, 2.05) is 0 Å². The Morgan fingerprint density at radius 1 is 1.50 bits per heavy atom. The van der Waals surface area contributed by atoms with Gasteiger partial charge >= 0.3 is 0 Å². The van der Waals surface area contributed by atoms with Crippen LogP contribution < -0.4 is 16.4 Å². The average molecular weight is 229 g/mol. The minimum absolute atomic E-state index is 0.00395. The summed E-state index contributed by atoms with van der Waals surface area (Å²) in [6, 6.07) is -0.305. The first kappa shape index (κ1) is 12.9. The number of rotatable bonds is 7. The second kappa shape index (κ2) is 6.44. The zero-order chi connectivity index (χ0) is 12.0. The first-order valence-electron chi connectivity index (χ1n) is 5.45. The Balaban J connectivity index is 2.09. The first-order chi connectivity index (χ1) is 7.63. The van der Waals surface area contributed by atoms with Crippen LogP contribution in [-0.4, -0.2) is 44.2 Å². The smallest absolute Gasteiger partial charge is 0.239 e. The summed E-state index contributed by atoms with van der Waals surface area (Å²) in [5.41, 5.74) is 5.58. The molecule has 0 aliphatic heterocycles. The van der Waals surface area contributed by atoms with Crippen molar-refractivity contribution in [1.82, 2.24) is 10.6 Å². The topological polar surface area (TPSA) is 93.4 Å². The summed E-state index contributed by atoms with van der Waals surface area (Å²) in [5, 5.41) is 5.26. The summed E-state index contributed by atoms with van der Waals surface area (Å²) >= 11 is 0. The number of hydrogen-bond donors (Lipinski definition) is 3. The number of hydrogen-bond acceptors (Lipinski definition) is 4. The molecule has 0 aromatic heterocycles. The van der Waals surface area contributed by atoms with Crippen molar-refractivity contribution in [3.05, 3.63) is 0 Å². The molecule has 92 valence electrons. The Labute approximate surface area is 94.9 Å². The molecule has 2 amide bonds. The van der Waals surface area contributed by atoms with Gasteiger partial charge in [0, 0.05) is 19.8 Å². The molecule has 0 aromatic rings. The maximum absolute atomic E-state index is 11.4. The summed E-state index contributed by atoms with van der Waals surface area (Å²) in [6.07, 6.45) is 2.52. The van der Waals surface area contributed by atoms with Crippen molar-refractivity contribution in [2.45, 2.75) is 31.3 Å². The van der Waals surface area contributed by atoms with Crippen LogP contribution in [0.25, 0.3) is 0 Å². The summed E-state index contributed by atoms with van der Waals surface area (Å²) in [6.45, 7) is 0.429. The number of carbonyl (C=O) groups is 2. The van der Waals surface area contributed by atoms with E-state index in [1.54, 1.807) is 7.11 Å². The standard InChI is InChI=1S/C10H19N3O3/c1-16-5-4-8(11)10(15)12-6-9(14)13-7-2-3-7/h7-8H,2-6,11H2,1H3,(H,12,15)(H,13,14). The van der Waals surface area contributed by atoms with Crippen molar-refractivity contribution >= 4 is 11.8 Å². The van der Waals surface area contributed by atoms with E-state index in [1.165, 1.54) is 0 Å². The number of ether oxygens (including phenoxy) is 1. The van der Waals surface area contributed by atoms with E-state index in [-0.39, 0.29) is 18.4 Å². The molecule has 1 unspecified atom stereocenters. The largest absolute Gasteiger partial charge is 0.385 e. The van der Waals surface area contributed by atoms with Gasteiger partial charge in [0.2, 0.25) is 11.8 Å². The highest BCUT2D eigenvalue weighted by Crippen LogP contribution is 2.18. The number of carbonyl (C=O) groups excluding carboxylic acids is 2. The highest BCUT2D eigenvalue weighted by atomic mass is 16.5. The number of nitrogens with one attached hydrogen (secondary N) is 2. The normalized spacial score (nSPS) is 16.6. The van der Waals surface area contributed by atoms with Gasteiger partial charge in [-0.2, -0.15) is 0 Å². The molecule has 0 bridgehead atoms. The van der Waals surface area contributed by atoms with Crippen molar-refractivity contribution in [3.8, 4) is 0 Å². The second-order valence-electron chi connectivity index (χ2n) is 3.95. The maximum atomic E-state index is 11.4. The first-order valence-corrected chi connectivity index (χ1v) is 5.45. The summed E-state index contributed by atoms with van der Waals surface area (Å²) in [7, 11) is 1.55. The number of nitrogens with two attached hydrogens (primary N) is 1. The molecular formula is C10H19N3O3. The van der Waals surface area contributed by atoms with Crippen LogP contribution in [0.5, 0.6) is 0 Å². The lowest BCUT2D eigenvalue weighted by Gasteiger charge is -2.11. The highest BCUT2D eigenvalue weighted by molar-refractivity contribution is 5.87. The molecule has 4 N–H and O–H groups in total. The van der Waals surface area contributed by atoms with Crippen molar-refractivity contribution in [2.24, 2.45) is 5.73 Å². The maximum Gasteiger partial charge on any atom is 0.239 e. The Hall–Kier alpha value is -1.14. The van der Waals surface area contributed by atoms with Crippen molar-refractivity contribution in [1.29, 1.82) is 0 Å². The molecule has 0 heterocycles. The van der Waals surface area contributed by atoms with Crippen LogP contribution in [0.2, 0.25) is 0 Å². The third kappa shape index (κ3) is 5.09. The predicted molar refractivity (Wildman–Crippen MR) is 58.6 cm³/mol. The van der Waals surface area contributed by atoms with Crippen LogP contribution >= 0.6 is 0 Å². The van der Waals surface area contributed by atoms with Crippen LogP contribution in [0.15, 0.2) is 0 Å². The summed E-state index contributed by atoms with van der Waals surface area (Å²) in [4.78, 5) is 22.6. The van der Waals surface area contributed by atoms with Gasteiger partial charge in [-0.25, -0.2) is 0 Å². The fraction of sp³-hybridized carbons (Fsp3) is 0.800. The van der Waals surface area contributed by atoms with E-state index in [9.17, 15) is 9.59 Å². The molecule has 1 saturated carbocycles. The Bertz CT molecular complexity index is 254. The molecule has 1 aliphatic rings. The van der Waals surface area contributed by atoms with Gasteiger partial charge in [0.25, 0.3) is 0 Å². The van der Waals surface area contributed by atoms with Crippen LogP contribution in [0.3, 0.4) is 0 Å². The van der Waals surface area contributed by atoms with E-state index in [0.717, 1.165) is 12.8 Å². The van der Waals surface area contributed by atoms with E-state index in [2.05, 4.69) is 10.6 Å². The zero-order valence-corrected chi connectivity index (χ0v) is 9.49. The van der Waals surface area contributed by atoms with E-state index >= 15 is 0 Å². The van der Waals surface area contributed by atoms with Gasteiger partial charge in [0.05, 0.1) is 12.6 Å². The van der Waals surface area contributed by atoms with Crippen molar-refractivity contribution in [3.63, 3.8) is 0 Å². The summed E-state index contributed by atoms with van der Waals surface area (Å²) in [5.74, 6) is -0.474. The van der Waals surface area contributed by atoms with Gasteiger partial charge in [0.1, 0.15) is 0 Å². The second-order valence-corrected chi connectivity index (χ2v) is 3.95. The minimum atomic E-state index is -0.617. The van der Waals surface area contributed by atoms with E-state index < -0.39 is 6.04 Å². The Morgan fingerprint density at radius 2 is 2.19 bits per heavy atom. The number of amides is 2. The lowest BCUT2D eigenvalue weighted by molar-refractivity contribution is -0.127. The SMILES string of the molecule is COCCC(N)C(=O)NCC(=O)NC1CC1. The molecule has 0 spiro atoms. The van der Waals surface area contributed by atoms with Gasteiger partial charge in [-0.05, 0) is 19.3 Å². The van der Waals surface area contributed by atoms with Gasteiger partial charge in [0.15, 0.2) is 0 Å². The molecule has 16 heavy (non-hydrogen) atoms. The Morgan fingerprint density at radius 3 is 2.75 bits per heavy atom. The lowest BCUT2D eigenvalue weighted by atomic mass is 10.2. The van der Waals surface area contributed by atoms with Crippen LogP contribution in [-0.2, 0) is 14.3 Å². The number of methoxy groups -OCH3 is 1. The molecule has 0 aromatic carbocycles. The van der Waals surface area contributed by atoms with Gasteiger partial charge in [-0.15, -0.1) is 0 Å². The van der Waals surface area contributed by atoms with E-state index in [0.29, 0.717) is 19.1 Å². The highest BCUT2D eigenvalue weighted by Gasteiger charge is 2.23. The van der Waals surface area contributed by atoms with Gasteiger partial charge < -0.3 is 21.1 Å². The van der Waals surface area contributed by atoms with E-state index in [4.69, 9.17) is 10.5 Å². The average Bonchev–Trinajstić information content (AvgIpc) is 3.06. The third-order valence-electron chi connectivity index (χ3n) is 2.34. The molecular weight excluding hydrogens is 210 g/mol. The van der Waals surface area contributed by atoms with Gasteiger partial charge in [-0.1, -0.05) is 0 Å². The Kier molecular flexibility index (Phi) is 5.21. The molecule has 1 rings (SSSR count). The van der Waals surface area contributed by atoms with Gasteiger partial charge in [-0.3, -0.25) is 9.59 Å². The molecule has 1 atom stereocenters. The molecule has 6 heteroatoms. The monoisotopic (exact) mass is 229 g/mol. The van der Waals surface area contributed by atoms with Crippen molar-refractivity contribution in [2.75, 3.05) is 20.3 Å².